The summed E-state index contributed by atoms with van der Waals surface area (Å²) in [7, 11) is 0. The fourth-order valence-corrected chi connectivity index (χ4v) is 3.20. The largest absolute Gasteiger partial charge is 0.468 e. The average Bonchev–Trinajstić information content (AvgIpc) is 3.37. The highest BCUT2D eigenvalue weighted by Gasteiger charge is 2.10. The number of benzene rings is 1. The van der Waals surface area contributed by atoms with E-state index < -0.39 is 0 Å². The second kappa shape index (κ2) is 8.47. The Labute approximate surface area is 158 Å². The van der Waals surface area contributed by atoms with E-state index in [4.69, 9.17) is 4.42 Å². The van der Waals surface area contributed by atoms with Crippen molar-refractivity contribution in [1.82, 2.24) is 19.7 Å². The minimum atomic E-state index is 0.763. The number of hydrogen-bond acceptors (Lipinski definition) is 4. The molecule has 3 heterocycles. The van der Waals surface area contributed by atoms with E-state index >= 15 is 0 Å². The van der Waals surface area contributed by atoms with E-state index in [-0.39, 0.29) is 0 Å². The minimum Gasteiger partial charge on any atom is -0.468 e. The molecule has 0 aliphatic heterocycles. The molecule has 0 fully saturated rings. The van der Waals surface area contributed by atoms with Gasteiger partial charge in [-0.05, 0) is 47.0 Å². The maximum absolute atomic E-state index is 5.57. The van der Waals surface area contributed by atoms with Gasteiger partial charge in [-0.15, -0.1) is 0 Å². The van der Waals surface area contributed by atoms with Gasteiger partial charge < -0.3 is 4.42 Å². The Morgan fingerprint density at radius 2 is 1.67 bits per heavy atom. The molecule has 27 heavy (non-hydrogen) atoms. The van der Waals surface area contributed by atoms with Gasteiger partial charge in [0.25, 0.3) is 0 Å². The van der Waals surface area contributed by atoms with E-state index in [1.165, 1.54) is 16.7 Å². The fraction of sp³-hybridized carbons (Fsp3) is 0.182. The van der Waals surface area contributed by atoms with Crippen molar-refractivity contribution in [3.8, 4) is 0 Å². The molecule has 0 aliphatic rings. The first kappa shape index (κ1) is 17.2. The number of nitrogens with zero attached hydrogens (tertiary/aromatic N) is 4. The lowest BCUT2D eigenvalue weighted by Crippen LogP contribution is -2.22. The summed E-state index contributed by atoms with van der Waals surface area (Å²) < 4.78 is 7.51. The first-order valence-corrected chi connectivity index (χ1v) is 9.04. The number of aromatic nitrogens is 3. The van der Waals surface area contributed by atoms with Crippen molar-refractivity contribution in [2.75, 3.05) is 0 Å². The summed E-state index contributed by atoms with van der Waals surface area (Å²) in [6.07, 6.45) is 9.20. The maximum Gasteiger partial charge on any atom is 0.117 e. The predicted molar refractivity (Wildman–Crippen MR) is 104 cm³/mol. The number of rotatable bonds is 8. The summed E-state index contributed by atoms with van der Waals surface area (Å²) in [5, 5.41) is 4.30. The maximum atomic E-state index is 5.57. The van der Waals surface area contributed by atoms with Gasteiger partial charge in [-0.25, -0.2) is 0 Å². The van der Waals surface area contributed by atoms with Crippen molar-refractivity contribution in [3.63, 3.8) is 0 Å². The van der Waals surface area contributed by atoms with Crippen LogP contribution in [0.1, 0.15) is 22.5 Å². The lowest BCUT2D eigenvalue weighted by atomic mass is 10.1. The van der Waals surface area contributed by atoms with E-state index in [0.717, 1.165) is 31.9 Å². The lowest BCUT2D eigenvalue weighted by molar-refractivity contribution is 0.227. The average molecular weight is 358 g/mol. The van der Waals surface area contributed by atoms with Crippen LogP contribution in [-0.4, -0.2) is 19.7 Å². The molecule has 0 atom stereocenters. The van der Waals surface area contributed by atoms with Crippen LogP contribution in [0.4, 0.5) is 0 Å². The quantitative estimate of drug-likeness (QED) is 0.475. The Hall–Kier alpha value is -3.18. The van der Waals surface area contributed by atoms with Crippen molar-refractivity contribution in [2.45, 2.75) is 26.2 Å². The molecule has 4 aromatic rings. The highest BCUT2D eigenvalue weighted by molar-refractivity contribution is 5.24. The third-order valence-electron chi connectivity index (χ3n) is 4.42. The smallest absolute Gasteiger partial charge is 0.117 e. The van der Waals surface area contributed by atoms with E-state index in [2.05, 4.69) is 51.4 Å². The minimum absolute atomic E-state index is 0.763. The van der Waals surface area contributed by atoms with E-state index in [9.17, 15) is 0 Å². The zero-order chi connectivity index (χ0) is 18.3. The van der Waals surface area contributed by atoms with Crippen LogP contribution in [0, 0.1) is 0 Å². The molecule has 0 spiro atoms. The highest BCUT2D eigenvalue weighted by Crippen LogP contribution is 2.16. The summed E-state index contributed by atoms with van der Waals surface area (Å²) in [6.45, 7) is 3.23. The molecule has 136 valence electrons. The van der Waals surface area contributed by atoms with Gasteiger partial charge in [0.2, 0.25) is 0 Å². The third kappa shape index (κ3) is 4.92. The Bertz CT molecular complexity index is 934. The molecule has 0 bridgehead atoms. The van der Waals surface area contributed by atoms with Gasteiger partial charge in [0.05, 0.1) is 19.4 Å². The van der Waals surface area contributed by atoms with Gasteiger partial charge in [0.15, 0.2) is 0 Å². The molecule has 0 saturated heterocycles. The van der Waals surface area contributed by atoms with Crippen molar-refractivity contribution in [2.24, 2.45) is 0 Å². The van der Waals surface area contributed by atoms with Gasteiger partial charge in [-0.2, -0.15) is 5.10 Å². The molecule has 3 aromatic heterocycles. The zero-order valence-electron chi connectivity index (χ0n) is 15.1. The second-order valence-electron chi connectivity index (χ2n) is 6.60. The van der Waals surface area contributed by atoms with Crippen LogP contribution in [0.5, 0.6) is 0 Å². The summed E-state index contributed by atoms with van der Waals surface area (Å²) in [4.78, 5) is 6.49. The molecule has 5 nitrogen and oxygen atoms in total. The number of pyridine rings is 1. The summed E-state index contributed by atoms with van der Waals surface area (Å²) in [5.41, 5.74) is 3.77. The number of furan rings is 1. The van der Waals surface area contributed by atoms with Crippen LogP contribution in [0.15, 0.2) is 90.1 Å². The molecule has 1 aromatic carbocycles. The molecule has 0 saturated carbocycles. The summed E-state index contributed by atoms with van der Waals surface area (Å²) in [6, 6.07) is 18.7. The zero-order valence-corrected chi connectivity index (χ0v) is 15.1. The van der Waals surface area contributed by atoms with Crippen molar-refractivity contribution >= 4 is 0 Å². The monoisotopic (exact) mass is 358 g/mol. The van der Waals surface area contributed by atoms with Crippen LogP contribution in [0.3, 0.4) is 0 Å². The third-order valence-corrected chi connectivity index (χ3v) is 4.42. The van der Waals surface area contributed by atoms with Crippen LogP contribution < -0.4 is 0 Å². The molecular formula is C22H22N4O. The Kier molecular flexibility index (Phi) is 5.41. The molecule has 0 amide bonds. The highest BCUT2D eigenvalue weighted by atomic mass is 16.3. The van der Waals surface area contributed by atoms with E-state index in [0.29, 0.717) is 0 Å². The topological polar surface area (TPSA) is 47.1 Å². The molecule has 0 radical (unpaired) electrons. The van der Waals surface area contributed by atoms with Gasteiger partial charge >= 0.3 is 0 Å². The van der Waals surface area contributed by atoms with Crippen LogP contribution in [0.25, 0.3) is 0 Å². The standard InChI is InChI=1S/C22H22N4O/c1-4-20(14-21(5-1)17-26-12-3-9-24-26)16-25(18-22-6-2-13-27-22)15-19-7-10-23-11-8-19/h1-14H,15-18H2. The molecular weight excluding hydrogens is 336 g/mol. The van der Waals surface area contributed by atoms with Crippen LogP contribution in [0.2, 0.25) is 0 Å². The van der Waals surface area contributed by atoms with Gasteiger partial charge in [0.1, 0.15) is 5.76 Å². The second-order valence-corrected chi connectivity index (χ2v) is 6.60. The SMILES string of the molecule is c1cc(CN(Cc2ccncc2)Cc2ccco2)cc(Cn2cccn2)c1. The van der Waals surface area contributed by atoms with Gasteiger partial charge in [0, 0.05) is 37.9 Å². The summed E-state index contributed by atoms with van der Waals surface area (Å²) >= 11 is 0. The normalized spacial score (nSPS) is 11.1. The van der Waals surface area contributed by atoms with Crippen LogP contribution in [-0.2, 0) is 26.2 Å². The molecule has 0 N–H and O–H groups in total. The lowest BCUT2D eigenvalue weighted by Gasteiger charge is -2.22. The number of hydrogen-bond donors (Lipinski definition) is 0. The Morgan fingerprint density at radius 3 is 2.44 bits per heavy atom. The van der Waals surface area contributed by atoms with E-state index in [1.807, 2.05) is 47.7 Å². The van der Waals surface area contributed by atoms with E-state index in [1.54, 1.807) is 6.26 Å². The first-order chi connectivity index (χ1) is 13.3. The van der Waals surface area contributed by atoms with Crippen LogP contribution >= 0.6 is 0 Å². The van der Waals surface area contributed by atoms with Crippen molar-refractivity contribution < 1.29 is 4.42 Å². The summed E-state index contributed by atoms with van der Waals surface area (Å²) in [5.74, 6) is 0.969. The molecule has 4 rings (SSSR count). The van der Waals surface area contributed by atoms with Crippen molar-refractivity contribution in [1.29, 1.82) is 0 Å². The molecule has 5 heteroatoms. The fourth-order valence-electron chi connectivity index (χ4n) is 3.20. The molecule has 0 unspecified atom stereocenters. The van der Waals surface area contributed by atoms with Gasteiger partial charge in [-0.3, -0.25) is 14.6 Å². The first-order valence-electron chi connectivity index (χ1n) is 9.04. The van der Waals surface area contributed by atoms with Gasteiger partial charge in [-0.1, -0.05) is 24.3 Å². The predicted octanol–water partition coefficient (Wildman–Crippen LogP) is 4.12. The Balaban J connectivity index is 1.50. The van der Waals surface area contributed by atoms with Crippen molar-refractivity contribution in [3.05, 3.63) is 108 Å². The molecule has 0 aliphatic carbocycles. The Morgan fingerprint density at radius 1 is 0.815 bits per heavy atom.